The molecule has 1 aromatic heterocycles. The van der Waals surface area contributed by atoms with Gasteiger partial charge in [-0.2, -0.15) is 0 Å². The molecule has 2 unspecified atom stereocenters. The van der Waals surface area contributed by atoms with Crippen LogP contribution in [0.2, 0.25) is 5.02 Å². The minimum atomic E-state index is -3.91. The lowest BCUT2D eigenvalue weighted by Gasteiger charge is -2.29. The number of benzene rings is 3. The van der Waals surface area contributed by atoms with Crippen molar-refractivity contribution in [3.8, 4) is 11.5 Å². The summed E-state index contributed by atoms with van der Waals surface area (Å²) in [7, 11) is -3.91. The van der Waals surface area contributed by atoms with Crippen molar-refractivity contribution in [3.63, 3.8) is 0 Å². The molecule has 170 valence electrons. The molecule has 0 saturated carbocycles. The number of primary sulfonamides is 1. The van der Waals surface area contributed by atoms with E-state index in [2.05, 4.69) is 6.07 Å². The maximum absolute atomic E-state index is 11.8. The molecular weight excluding hydrogens is 482 g/mol. The van der Waals surface area contributed by atoms with E-state index in [0.29, 0.717) is 10.8 Å². The summed E-state index contributed by atoms with van der Waals surface area (Å²) < 4.78 is 36.6. The van der Waals surface area contributed by atoms with Crippen molar-refractivity contribution >= 4 is 43.0 Å². The first-order chi connectivity index (χ1) is 15.8. The number of thiophene rings is 1. The fourth-order valence-electron chi connectivity index (χ4n) is 4.04. The van der Waals surface area contributed by atoms with Gasteiger partial charge in [0.05, 0.1) is 10.8 Å². The number of hydrogen-bond donors (Lipinski definition) is 2. The topological polar surface area (TPSA) is 98.9 Å². The van der Waals surface area contributed by atoms with Crippen LogP contribution >= 0.6 is 22.9 Å². The van der Waals surface area contributed by atoms with Crippen molar-refractivity contribution in [1.82, 2.24) is 0 Å². The minimum Gasteiger partial charge on any atom is -0.487 e. The van der Waals surface area contributed by atoms with Crippen LogP contribution in [0, 0.1) is 0 Å². The van der Waals surface area contributed by atoms with Gasteiger partial charge in [-0.05, 0) is 41.3 Å². The van der Waals surface area contributed by atoms with E-state index in [1.807, 2.05) is 48.5 Å². The lowest BCUT2D eigenvalue weighted by atomic mass is 9.88. The van der Waals surface area contributed by atoms with E-state index in [1.165, 1.54) is 18.2 Å². The number of aliphatic hydroxyl groups is 1. The zero-order chi connectivity index (χ0) is 23.2. The van der Waals surface area contributed by atoms with E-state index in [1.54, 1.807) is 11.3 Å². The molecule has 4 aromatic rings. The predicted octanol–water partition coefficient (Wildman–Crippen LogP) is 4.53. The van der Waals surface area contributed by atoms with E-state index in [4.69, 9.17) is 26.2 Å². The molecule has 0 radical (unpaired) electrons. The summed E-state index contributed by atoms with van der Waals surface area (Å²) >= 11 is 8.21. The molecule has 3 N–H and O–H groups in total. The van der Waals surface area contributed by atoms with Gasteiger partial charge in [-0.25, -0.2) is 13.6 Å². The highest BCUT2D eigenvalue weighted by Crippen LogP contribution is 2.43. The second-order valence-corrected chi connectivity index (χ2v) is 10.9. The summed E-state index contributed by atoms with van der Waals surface area (Å²) in [6.45, 7) is -0.0857. The predicted molar refractivity (Wildman–Crippen MR) is 129 cm³/mol. The molecule has 3 aromatic carbocycles. The first-order valence-electron chi connectivity index (χ1n) is 10.2. The molecule has 6 nitrogen and oxygen atoms in total. The smallest absolute Gasteiger partial charge is 0.238 e. The third kappa shape index (κ3) is 4.32. The largest absolute Gasteiger partial charge is 0.487 e. The van der Waals surface area contributed by atoms with Crippen molar-refractivity contribution in [2.24, 2.45) is 5.14 Å². The zero-order valence-electron chi connectivity index (χ0n) is 17.2. The standard InChI is InChI=1S/C24H20ClNO5S2/c25-17-7-3-2-6-16(17)23(22-11-14-5-1-4-8-21(14)32-22)24-18(27)13-30-20-12-15(33(26,28)29)9-10-19(20)31-24/h1-12,18,23-24,27H,13H2,(H2,26,28,29)/t18?,23-,24?/m0/s1. The van der Waals surface area contributed by atoms with Crippen LogP contribution in [0.1, 0.15) is 16.4 Å². The summed E-state index contributed by atoms with van der Waals surface area (Å²) in [6.07, 6.45) is -1.75. The molecule has 0 spiro atoms. The van der Waals surface area contributed by atoms with Crippen LogP contribution in [0.5, 0.6) is 11.5 Å². The van der Waals surface area contributed by atoms with Gasteiger partial charge >= 0.3 is 0 Å². The Morgan fingerprint density at radius 3 is 2.55 bits per heavy atom. The van der Waals surface area contributed by atoms with Gasteiger partial charge in [-0.3, -0.25) is 0 Å². The fraction of sp³-hybridized carbons (Fsp3) is 0.167. The number of rotatable bonds is 4. The first kappa shape index (κ1) is 22.2. The Morgan fingerprint density at radius 2 is 1.79 bits per heavy atom. The normalized spacial score (nSPS) is 19.2. The summed E-state index contributed by atoms with van der Waals surface area (Å²) in [5.41, 5.74) is 0.819. The highest BCUT2D eigenvalue weighted by Gasteiger charge is 2.38. The minimum absolute atomic E-state index is 0.0857. The first-order valence-corrected chi connectivity index (χ1v) is 12.9. The summed E-state index contributed by atoms with van der Waals surface area (Å²) in [6, 6.07) is 21.8. The number of ether oxygens (including phenoxy) is 2. The van der Waals surface area contributed by atoms with E-state index < -0.39 is 28.1 Å². The molecular formula is C24H20ClNO5S2. The molecule has 5 rings (SSSR count). The molecule has 2 heterocycles. The molecule has 0 saturated heterocycles. The molecule has 1 aliphatic heterocycles. The van der Waals surface area contributed by atoms with Crippen molar-refractivity contribution in [3.05, 3.63) is 88.3 Å². The fourth-order valence-corrected chi connectivity index (χ4v) is 6.04. The Morgan fingerprint density at radius 1 is 1.03 bits per heavy atom. The van der Waals surface area contributed by atoms with Gasteiger partial charge in [0, 0.05) is 20.7 Å². The monoisotopic (exact) mass is 501 g/mol. The van der Waals surface area contributed by atoms with Gasteiger partial charge < -0.3 is 14.6 Å². The molecule has 33 heavy (non-hydrogen) atoms. The van der Waals surface area contributed by atoms with Gasteiger partial charge in [0.2, 0.25) is 10.0 Å². The van der Waals surface area contributed by atoms with Crippen LogP contribution in [0.4, 0.5) is 0 Å². The molecule has 0 fully saturated rings. The van der Waals surface area contributed by atoms with Crippen molar-refractivity contribution in [1.29, 1.82) is 0 Å². The molecule has 3 atom stereocenters. The number of hydrogen-bond acceptors (Lipinski definition) is 6. The number of halogens is 1. The number of nitrogens with two attached hydrogens (primary N) is 1. The van der Waals surface area contributed by atoms with E-state index >= 15 is 0 Å². The Balaban J connectivity index is 1.63. The SMILES string of the molecule is NS(=O)(=O)c1ccc2c(c1)OCC(O)C([C@H](c1cc3ccccc3s1)c1ccccc1Cl)O2. The molecule has 1 aliphatic rings. The maximum atomic E-state index is 11.8. The quantitative estimate of drug-likeness (QED) is 0.428. The highest BCUT2D eigenvalue weighted by molar-refractivity contribution is 7.89. The van der Waals surface area contributed by atoms with E-state index in [-0.39, 0.29) is 17.3 Å². The van der Waals surface area contributed by atoms with Crippen LogP contribution in [0.3, 0.4) is 0 Å². The average molecular weight is 502 g/mol. The van der Waals surface area contributed by atoms with E-state index in [0.717, 1.165) is 20.5 Å². The zero-order valence-corrected chi connectivity index (χ0v) is 19.6. The van der Waals surface area contributed by atoms with Crippen LogP contribution in [-0.4, -0.2) is 32.3 Å². The Hall–Kier alpha value is -2.62. The second-order valence-electron chi connectivity index (χ2n) is 7.80. The summed E-state index contributed by atoms with van der Waals surface area (Å²) in [4.78, 5) is 0.892. The third-order valence-electron chi connectivity index (χ3n) is 5.62. The van der Waals surface area contributed by atoms with Crippen LogP contribution in [0.15, 0.2) is 77.7 Å². The van der Waals surface area contributed by atoms with Gasteiger partial charge in [0.15, 0.2) is 11.5 Å². The summed E-state index contributed by atoms with van der Waals surface area (Å²) in [5.74, 6) is 0.137. The van der Waals surface area contributed by atoms with Crippen molar-refractivity contribution in [2.75, 3.05) is 6.61 Å². The third-order valence-corrected chi connectivity index (χ3v) is 8.07. The Bertz CT molecular complexity index is 1400. The summed E-state index contributed by atoms with van der Waals surface area (Å²) in [5, 5.41) is 18.0. The van der Waals surface area contributed by atoms with Gasteiger partial charge in [-0.15, -0.1) is 11.3 Å². The number of fused-ring (bicyclic) bond motifs is 2. The van der Waals surface area contributed by atoms with E-state index in [9.17, 15) is 13.5 Å². The lowest BCUT2D eigenvalue weighted by molar-refractivity contribution is 0.0148. The van der Waals surface area contributed by atoms with Crippen LogP contribution < -0.4 is 14.6 Å². The molecule has 0 bridgehead atoms. The Labute approximate surface area is 200 Å². The second kappa shape index (κ2) is 8.62. The highest BCUT2D eigenvalue weighted by atomic mass is 35.5. The number of sulfonamides is 1. The lowest BCUT2D eigenvalue weighted by Crippen LogP contribution is -2.39. The maximum Gasteiger partial charge on any atom is 0.238 e. The average Bonchev–Trinajstić information content (AvgIpc) is 3.14. The van der Waals surface area contributed by atoms with Crippen molar-refractivity contribution < 1.29 is 23.0 Å². The number of aliphatic hydroxyl groups excluding tert-OH is 1. The van der Waals surface area contributed by atoms with Gasteiger partial charge in [0.25, 0.3) is 0 Å². The van der Waals surface area contributed by atoms with Gasteiger partial charge in [0.1, 0.15) is 18.8 Å². The molecule has 9 heteroatoms. The van der Waals surface area contributed by atoms with Crippen molar-refractivity contribution in [2.45, 2.75) is 23.0 Å². The molecule has 0 aliphatic carbocycles. The van der Waals surface area contributed by atoms with Crippen LogP contribution in [-0.2, 0) is 10.0 Å². The Kier molecular flexibility index (Phi) is 5.80. The van der Waals surface area contributed by atoms with Crippen LogP contribution in [0.25, 0.3) is 10.1 Å². The van der Waals surface area contributed by atoms with Gasteiger partial charge in [-0.1, -0.05) is 48.0 Å². The molecule has 0 amide bonds.